The third kappa shape index (κ3) is 7.68. The topological polar surface area (TPSA) is 212 Å². The minimum absolute atomic E-state index is 0.00992. The van der Waals surface area contributed by atoms with Gasteiger partial charge in [-0.1, -0.05) is 6.08 Å². The highest BCUT2D eigenvalue weighted by Crippen LogP contribution is 2.51. The number of methoxy groups -OCH3 is 1. The average Bonchev–Trinajstić information content (AvgIpc) is 3.53. The lowest BCUT2D eigenvalue weighted by molar-refractivity contribution is -0.347. The van der Waals surface area contributed by atoms with E-state index in [4.69, 9.17) is 47.4 Å². The van der Waals surface area contributed by atoms with Crippen molar-refractivity contribution in [3.63, 3.8) is 0 Å². The second kappa shape index (κ2) is 14.6. The Hall–Kier alpha value is -4.77. The van der Waals surface area contributed by atoms with Crippen molar-refractivity contribution in [1.82, 2.24) is 0 Å². The largest absolute Gasteiger partial charge is 0.471 e. The first-order valence-electron chi connectivity index (χ1n) is 14.8. The highest BCUT2D eigenvalue weighted by Gasteiger charge is 2.61. The molecule has 48 heavy (non-hydrogen) atoms. The van der Waals surface area contributed by atoms with Crippen molar-refractivity contribution in [1.29, 1.82) is 0 Å². The van der Waals surface area contributed by atoms with Gasteiger partial charge in [0.05, 0.1) is 30.4 Å². The second-order valence-corrected chi connectivity index (χ2v) is 11.3. The fourth-order valence-electron chi connectivity index (χ4n) is 5.99. The zero-order valence-electron chi connectivity index (χ0n) is 27.2. The molecule has 1 spiro atoms. The molecular weight excluding hydrogens is 644 g/mol. The van der Waals surface area contributed by atoms with Gasteiger partial charge in [-0.05, 0) is 19.1 Å². The summed E-state index contributed by atoms with van der Waals surface area (Å²) in [6, 6.07) is 0. The Morgan fingerprint density at radius 3 is 2.06 bits per heavy atom. The summed E-state index contributed by atoms with van der Waals surface area (Å²) in [6.45, 7) is 6.49. The Morgan fingerprint density at radius 2 is 1.48 bits per heavy atom. The van der Waals surface area contributed by atoms with Crippen LogP contribution in [0, 0.1) is 11.8 Å². The summed E-state index contributed by atoms with van der Waals surface area (Å²) >= 11 is 0. The molecule has 4 aliphatic rings. The predicted octanol–water partition coefficient (Wildman–Crippen LogP) is 0.475. The Kier molecular flexibility index (Phi) is 10.9. The minimum atomic E-state index is -1.66. The predicted molar refractivity (Wildman–Crippen MR) is 152 cm³/mol. The Bertz CT molecular complexity index is 1440. The van der Waals surface area contributed by atoms with Crippen LogP contribution in [-0.4, -0.2) is 104 Å². The van der Waals surface area contributed by atoms with E-state index in [-0.39, 0.29) is 11.1 Å². The maximum Gasteiger partial charge on any atom is 0.338 e. The highest BCUT2D eigenvalue weighted by molar-refractivity contribution is 5.94. The lowest BCUT2D eigenvalue weighted by atomic mass is 9.78. The number of hydrogen-bond donors (Lipinski definition) is 0. The molecule has 0 aromatic heterocycles. The molecule has 262 valence electrons. The summed E-state index contributed by atoms with van der Waals surface area (Å²) in [5.74, 6) is -7.34. The van der Waals surface area contributed by atoms with Gasteiger partial charge < -0.3 is 47.4 Å². The van der Waals surface area contributed by atoms with E-state index in [1.807, 2.05) is 0 Å². The monoisotopic (exact) mass is 680 g/mol. The fraction of sp³-hybridized carbons (Fsp3) is 0.581. The molecule has 17 heteroatoms. The van der Waals surface area contributed by atoms with Crippen LogP contribution in [0.1, 0.15) is 41.5 Å². The number of ether oxygens (including phenoxy) is 10. The van der Waals surface area contributed by atoms with Crippen LogP contribution in [0.4, 0.5) is 0 Å². The van der Waals surface area contributed by atoms with Crippen molar-refractivity contribution in [3.8, 4) is 0 Å². The number of hydrogen-bond acceptors (Lipinski definition) is 17. The van der Waals surface area contributed by atoms with Crippen molar-refractivity contribution in [2.75, 3.05) is 13.7 Å². The molecule has 0 aromatic rings. The van der Waals surface area contributed by atoms with E-state index in [0.717, 1.165) is 34.0 Å². The highest BCUT2D eigenvalue weighted by atomic mass is 16.8. The molecule has 1 saturated heterocycles. The first-order valence-corrected chi connectivity index (χ1v) is 14.8. The lowest BCUT2D eigenvalue weighted by Crippen LogP contribution is -2.64. The zero-order chi connectivity index (χ0) is 35.5. The van der Waals surface area contributed by atoms with Gasteiger partial charge in [0.1, 0.15) is 18.8 Å². The molecule has 1 fully saturated rings. The average molecular weight is 681 g/mol. The zero-order valence-corrected chi connectivity index (χ0v) is 27.2. The molecule has 17 nitrogen and oxygen atoms in total. The third-order valence-corrected chi connectivity index (χ3v) is 7.76. The summed E-state index contributed by atoms with van der Waals surface area (Å²) in [5, 5.41) is 0. The maximum atomic E-state index is 13.1. The molecule has 0 aromatic carbocycles. The van der Waals surface area contributed by atoms with E-state index in [9.17, 15) is 33.6 Å². The Balaban J connectivity index is 1.78. The molecular formula is C31H36O17. The molecule has 3 heterocycles. The van der Waals surface area contributed by atoms with Gasteiger partial charge in [0.15, 0.2) is 23.9 Å². The van der Waals surface area contributed by atoms with Gasteiger partial charge in [-0.15, -0.1) is 0 Å². The Morgan fingerprint density at radius 1 is 0.854 bits per heavy atom. The molecule has 0 radical (unpaired) electrons. The molecule has 3 aliphatic heterocycles. The van der Waals surface area contributed by atoms with E-state index in [1.165, 1.54) is 33.1 Å². The van der Waals surface area contributed by atoms with E-state index in [0.29, 0.717) is 0 Å². The number of carbonyl (C=O) groups is 7. The molecule has 10 atom stereocenters. The van der Waals surface area contributed by atoms with E-state index < -0.39 is 109 Å². The van der Waals surface area contributed by atoms with Crippen LogP contribution >= 0.6 is 0 Å². The van der Waals surface area contributed by atoms with Crippen LogP contribution in [0.15, 0.2) is 35.6 Å². The summed E-state index contributed by atoms with van der Waals surface area (Å²) in [4.78, 5) is 85.8. The molecule has 1 aliphatic carbocycles. The van der Waals surface area contributed by atoms with Crippen molar-refractivity contribution in [2.45, 2.75) is 90.2 Å². The van der Waals surface area contributed by atoms with Gasteiger partial charge in [0.2, 0.25) is 12.6 Å². The van der Waals surface area contributed by atoms with Crippen LogP contribution in [0.3, 0.4) is 0 Å². The summed E-state index contributed by atoms with van der Waals surface area (Å²) in [7, 11) is 1.17. The summed E-state index contributed by atoms with van der Waals surface area (Å²) < 4.78 is 55.6. The van der Waals surface area contributed by atoms with Gasteiger partial charge in [-0.25, -0.2) is 9.59 Å². The van der Waals surface area contributed by atoms with Crippen LogP contribution in [0.2, 0.25) is 0 Å². The minimum Gasteiger partial charge on any atom is -0.471 e. The first-order chi connectivity index (χ1) is 22.6. The van der Waals surface area contributed by atoms with Crippen molar-refractivity contribution in [2.24, 2.45) is 11.8 Å². The number of allylic oxidation sites excluding steroid dienone is 1. The SMILES string of the molecule is COC(=O)C1=CO[C@@H](O[C@@H]2O[C@H](COC(C)=O)[C@@H](OC(C)=O)[C@H](OC(C)=O)[C@H]2OC(C)=O)[C@H]2[C@@H]1C=C[C@@]21C=C([C@H](C)OC(C)=O)C(=O)O1. The number of esters is 7. The smallest absolute Gasteiger partial charge is 0.338 e. The van der Waals surface area contributed by atoms with Crippen molar-refractivity contribution in [3.05, 3.63) is 35.6 Å². The van der Waals surface area contributed by atoms with Gasteiger partial charge in [-0.3, -0.25) is 24.0 Å². The van der Waals surface area contributed by atoms with Gasteiger partial charge in [0, 0.05) is 40.5 Å². The van der Waals surface area contributed by atoms with Crippen LogP contribution in [0.25, 0.3) is 0 Å². The molecule has 4 rings (SSSR count). The van der Waals surface area contributed by atoms with Gasteiger partial charge in [-0.2, -0.15) is 0 Å². The van der Waals surface area contributed by atoms with E-state index >= 15 is 0 Å². The third-order valence-electron chi connectivity index (χ3n) is 7.76. The van der Waals surface area contributed by atoms with Crippen molar-refractivity contribution >= 4 is 41.8 Å². The quantitative estimate of drug-likeness (QED) is 0.174. The van der Waals surface area contributed by atoms with Crippen LogP contribution in [-0.2, 0) is 80.9 Å². The van der Waals surface area contributed by atoms with Crippen LogP contribution in [0.5, 0.6) is 0 Å². The second-order valence-electron chi connectivity index (χ2n) is 11.3. The van der Waals surface area contributed by atoms with Gasteiger partial charge >= 0.3 is 41.8 Å². The standard InChI is InChI=1S/C31H36O17/c1-13(42-15(3)33)20-10-31(48-28(20)38)9-8-19-21(27(37)39-7)11-41-29(23(19)31)47-30-26(45-18(6)36)25(44-17(5)35)24(43-16(4)34)22(46-30)12-40-14(2)32/h8-11,13,19,22-26,29-30H,12H2,1-7H3/t13-,19+,22+,23+,24+,25-,26+,29-,30-,31+/m0/s1. The van der Waals surface area contributed by atoms with Crippen LogP contribution < -0.4 is 0 Å². The molecule has 0 unspecified atom stereocenters. The molecule has 0 saturated carbocycles. The van der Waals surface area contributed by atoms with E-state index in [2.05, 4.69) is 0 Å². The normalized spacial score (nSPS) is 32.4. The summed E-state index contributed by atoms with van der Waals surface area (Å²) in [6.07, 6.45) is -4.39. The molecule has 0 N–H and O–H groups in total. The Labute approximate surface area is 274 Å². The summed E-state index contributed by atoms with van der Waals surface area (Å²) in [5.41, 5.74) is -1.55. The van der Waals surface area contributed by atoms with Gasteiger partial charge in [0.25, 0.3) is 0 Å². The lowest BCUT2D eigenvalue weighted by Gasteiger charge is -2.46. The first kappa shape index (κ1) is 36.1. The molecule has 0 bridgehead atoms. The fourth-order valence-corrected chi connectivity index (χ4v) is 5.99. The number of rotatable bonds is 10. The maximum absolute atomic E-state index is 13.1. The van der Waals surface area contributed by atoms with Crippen molar-refractivity contribution < 1.29 is 80.9 Å². The number of fused-ring (bicyclic) bond motifs is 2. The van der Waals surface area contributed by atoms with E-state index in [1.54, 1.807) is 6.08 Å². The molecule has 0 amide bonds. The number of carbonyl (C=O) groups excluding carboxylic acids is 7.